The molecule has 1 aromatic rings. The molecule has 128 valence electrons. The lowest BCUT2D eigenvalue weighted by molar-refractivity contribution is -0.115. The summed E-state index contributed by atoms with van der Waals surface area (Å²) in [5.74, 6) is -5.31. The quantitative estimate of drug-likeness (QED) is 0.501. The largest absolute Gasteiger partial charge is 0.382 e. The van der Waals surface area contributed by atoms with Crippen LogP contribution in [0.15, 0.2) is 12.1 Å². The second-order valence-corrected chi connectivity index (χ2v) is 4.43. The molecule has 1 rings (SSSR count). The first-order valence-corrected chi connectivity index (χ1v) is 6.98. The molecule has 0 aliphatic heterocycles. The number of carbonyl (C=O) groups excluding carboxylic acids is 2. The Kier molecular flexibility index (Phi) is 7.89. The Morgan fingerprint density at radius 1 is 1.13 bits per heavy atom. The normalized spacial score (nSPS) is 10.3. The van der Waals surface area contributed by atoms with E-state index >= 15 is 0 Å². The van der Waals surface area contributed by atoms with E-state index < -0.39 is 41.6 Å². The van der Waals surface area contributed by atoms with Crippen LogP contribution in [0.25, 0.3) is 0 Å². The number of carbonyl (C=O) groups is 2. The summed E-state index contributed by atoms with van der Waals surface area (Å²) < 4.78 is 44.2. The van der Waals surface area contributed by atoms with Gasteiger partial charge in [-0.05, 0) is 25.5 Å². The molecule has 23 heavy (non-hydrogen) atoms. The highest BCUT2D eigenvalue weighted by molar-refractivity contribution is 5.94. The minimum Gasteiger partial charge on any atom is -0.382 e. The summed E-state index contributed by atoms with van der Waals surface area (Å²) >= 11 is 0. The Morgan fingerprint density at radius 3 is 2.57 bits per heavy atom. The van der Waals surface area contributed by atoms with E-state index in [1.807, 2.05) is 12.2 Å². The maximum atomic E-state index is 13.3. The fourth-order valence-corrected chi connectivity index (χ4v) is 1.56. The number of hydrogen-bond acceptors (Lipinski definition) is 3. The lowest BCUT2D eigenvalue weighted by Gasteiger charge is -2.09. The highest BCUT2D eigenvalue weighted by Crippen LogP contribution is 2.19. The van der Waals surface area contributed by atoms with Gasteiger partial charge < -0.3 is 20.7 Å². The molecule has 0 spiro atoms. The highest BCUT2D eigenvalue weighted by Gasteiger charge is 2.15. The van der Waals surface area contributed by atoms with E-state index in [1.54, 1.807) is 0 Å². The zero-order valence-electron chi connectivity index (χ0n) is 12.5. The van der Waals surface area contributed by atoms with Crippen molar-refractivity contribution in [2.75, 3.05) is 31.6 Å². The molecule has 0 saturated heterocycles. The van der Waals surface area contributed by atoms with Gasteiger partial charge in [-0.25, -0.2) is 18.0 Å². The van der Waals surface area contributed by atoms with Crippen LogP contribution in [0.2, 0.25) is 0 Å². The van der Waals surface area contributed by atoms with Gasteiger partial charge in [-0.2, -0.15) is 0 Å². The van der Waals surface area contributed by atoms with Crippen molar-refractivity contribution in [3.05, 3.63) is 29.6 Å². The number of benzene rings is 1. The summed E-state index contributed by atoms with van der Waals surface area (Å²) in [4.78, 5) is 22.9. The molecule has 0 bridgehead atoms. The summed E-state index contributed by atoms with van der Waals surface area (Å²) in [6.07, 6.45) is 0.619. The van der Waals surface area contributed by atoms with Crippen LogP contribution in [-0.4, -0.2) is 38.2 Å². The third-order valence-electron chi connectivity index (χ3n) is 2.67. The predicted molar refractivity (Wildman–Crippen MR) is 77.5 cm³/mol. The molecule has 1 aromatic carbocycles. The van der Waals surface area contributed by atoms with Crippen LogP contribution in [0, 0.1) is 17.5 Å². The fraction of sp³-hybridized carbons (Fsp3) is 0.429. The van der Waals surface area contributed by atoms with Gasteiger partial charge in [0.1, 0.15) is 0 Å². The number of ether oxygens (including phenoxy) is 1. The predicted octanol–water partition coefficient (Wildman–Crippen LogP) is 1.77. The van der Waals surface area contributed by atoms with Gasteiger partial charge in [-0.1, -0.05) is 0 Å². The maximum absolute atomic E-state index is 13.3. The Balaban J connectivity index is 2.32. The molecule has 0 aliphatic carbocycles. The third-order valence-corrected chi connectivity index (χ3v) is 2.67. The van der Waals surface area contributed by atoms with Crippen molar-refractivity contribution >= 4 is 17.6 Å². The number of anilines is 1. The number of hydrogen-bond donors (Lipinski definition) is 3. The molecule has 6 nitrogen and oxygen atoms in total. The second kappa shape index (κ2) is 9.67. The van der Waals surface area contributed by atoms with E-state index in [2.05, 4.69) is 10.6 Å². The van der Waals surface area contributed by atoms with Crippen LogP contribution < -0.4 is 16.0 Å². The lowest BCUT2D eigenvalue weighted by Crippen LogP contribution is -2.40. The van der Waals surface area contributed by atoms with Crippen molar-refractivity contribution in [3.63, 3.8) is 0 Å². The van der Waals surface area contributed by atoms with E-state index in [4.69, 9.17) is 4.74 Å². The molecule has 0 aromatic heterocycles. The van der Waals surface area contributed by atoms with Crippen LogP contribution in [0.5, 0.6) is 0 Å². The van der Waals surface area contributed by atoms with Gasteiger partial charge in [-0.3, -0.25) is 4.79 Å². The van der Waals surface area contributed by atoms with E-state index in [9.17, 15) is 22.8 Å². The Labute approximate surface area is 131 Å². The van der Waals surface area contributed by atoms with Crippen LogP contribution >= 0.6 is 0 Å². The van der Waals surface area contributed by atoms with E-state index in [-0.39, 0.29) is 0 Å². The first-order valence-electron chi connectivity index (χ1n) is 6.98. The molecular formula is C14H18F3N3O3. The van der Waals surface area contributed by atoms with Gasteiger partial charge in [-0.15, -0.1) is 0 Å². The molecule has 0 radical (unpaired) electrons. The van der Waals surface area contributed by atoms with Crippen molar-refractivity contribution < 1.29 is 27.5 Å². The summed E-state index contributed by atoms with van der Waals surface area (Å²) in [5.41, 5.74) is -0.507. The van der Waals surface area contributed by atoms with Gasteiger partial charge in [0, 0.05) is 19.8 Å². The summed E-state index contributed by atoms with van der Waals surface area (Å²) in [6, 6.07) is 0.994. The average Bonchev–Trinajstić information content (AvgIpc) is 2.53. The second-order valence-electron chi connectivity index (χ2n) is 4.43. The lowest BCUT2D eigenvalue weighted by atomic mass is 10.2. The smallest absolute Gasteiger partial charge is 0.315 e. The summed E-state index contributed by atoms with van der Waals surface area (Å²) in [5, 5.41) is 6.78. The Bertz CT molecular complexity index is 556. The minimum absolute atomic E-state index is 0.366. The SMILES string of the molecule is CCOCCCNC(=O)NCC(=O)Nc1ccc(F)c(F)c1F. The van der Waals surface area contributed by atoms with Gasteiger partial charge in [0.15, 0.2) is 17.5 Å². The van der Waals surface area contributed by atoms with Gasteiger partial charge >= 0.3 is 6.03 Å². The average molecular weight is 333 g/mol. The molecule has 0 saturated carbocycles. The summed E-state index contributed by atoms with van der Waals surface area (Å²) in [6.45, 7) is 2.87. The molecule has 0 fully saturated rings. The maximum Gasteiger partial charge on any atom is 0.315 e. The molecule has 0 aliphatic rings. The topological polar surface area (TPSA) is 79.5 Å². The van der Waals surface area contributed by atoms with Crippen molar-refractivity contribution in [2.24, 2.45) is 0 Å². The number of urea groups is 1. The van der Waals surface area contributed by atoms with Crippen LogP contribution in [0.3, 0.4) is 0 Å². The Hall–Kier alpha value is -2.29. The molecule has 9 heteroatoms. The first-order chi connectivity index (χ1) is 11.0. The van der Waals surface area contributed by atoms with Crippen LogP contribution in [0.4, 0.5) is 23.7 Å². The zero-order chi connectivity index (χ0) is 17.2. The number of halogens is 3. The number of amides is 3. The van der Waals surface area contributed by atoms with Gasteiger partial charge in [0.25, 0.3) is 0 Å². The van der Waals surface area contributed by atoms with Crippen molar-refractivity contribution in [1.82, 2.24) is 10.6 Å². The molecule has 3 N–H and O–H groups in total. The fourth-order valence-electron chi connectivity index (χ4n) is 1.56. The van der Waals surface area contributed by atoms with E-state index in [0.29, 0.717) is 32.2 Å². The van der Waals surface area contributed by atoms with E-state index in [1.165, 1.54) is 0 Å². The minimum atomic E-state index is -1.68. The Morgan fingerprint density at radius 2 is 1.87 bits per heavy atom. The molecule has 0 atom stereocenters. The zero-order valence-corrected chi connectivity index (χ0v) is 12.5. The number of nitrogens with one attached hydrogen (secondary N) is 3. The van der Waals surface area contributed by atoms with Crippen LogP contribution in [-0.2, 0) is 9.53 Å². The van der Waals surface area contributed by atoms with Crippen molar-refractivity contribution in [1.29, 1.82) is 0 Å². The molecule has 0 heterocycles. The van der Waals surface area contributed by atoms with E-state index in [0.717, 1.165) is 6.07 Å². The standard InChI is InChI=1S/C14H18F3N3O3/c1-2-23-7-3-6-18-14(22)19-8-11(21)20-10-5-4-9(15)12(16)13(10)17/h4-5H,2-3,6-8H2,1H3,(H,20,21)(H2,18,19,22). The first kappa shape index (κ1) is 18.8. The molecule has 3 amide bonds. The molecule has 0 unspecified atom stereocenters. The highest BCUT2D eigenvalue weighted by atomic mass is 19.2. The van der Waals surface area contributed by atoms with Crippen molar-refractivity contribution in [2.45, 2.75) is 13.3 Å². The number of rotatable bonds is 8. The van der Waals surface area contributed by atoms with Gasteiger partial charge in [0.2, 0.25) is 5.91 Å². The van der Waals surface area contributed by atoms with Crippen LogP contribution in [0.1, 0.15) is 13.3 Å². The molecular weight excluding hydrogens is 315 g/mol. The van der Waals surface area contributed by atoms with Crippen molar-refractivity contribution in [3.8, 4) is 0 Å². The summed E-state index contributed by atoms with van der Waals surface area (Å²) in [7, 11) is 0. The third kappa shape index (κ3) is 6.55. The monoisotopic (exact) mass is 333 g/mol. The van der Waals surface area contributed by atoms with Gasteiger partial charge in [0.05, 0.1) is 12.2 Å².